The molecule has 2 aliphatic rings. The van der Waals surface area contributed by atoms with Gasteiger partial charge >= 0.3 is 0 Å². The van der Waals surface area contributed by atoms with Crippen LogP contribution < -0.4 is 5.32 Å². The van der Waals surface area contributed by atoms with Gasteiger partial charge < -0.3 is 4.90 Å². The number of carbonyl (C=O) groups excluding carboxylic acids is 1. The van der Waals surface area contributed by atoms with E-state index in [9.17, 15) is 4.79 Å². The van der Waals surface area contributed by atoms with Gasteiger partial charge in [-0.05, 0) is 47.6 Å². The molecule has 5 atom stereocenters. The second-order valence-corrected chi connectivity index (χ2v) is 7.21. The molecule has 4 heteroatoms. The minimum Gasteiger partial charge on any atom is -0.318 e. The molecule has 0 radical (unpaired) electrons. The fraction of sp³-hybridized carbons (Fsp3) is 0.688. The molecule has 1 N–H and O–H groups in total. The molecule has 1 saturated carbocycles. The van der Waals surface area contributed by atoms with Crippen molar-refractivity contribution in [1.82, 2.24) is 10.2 Å². The highest BCUT2D eigenvalue weighted by molar-refractivity contribution is 7.07. The van der Waals surface area contributed by atoms with E-state index in [1.165, 1.54) is 18.4 Å². The zero-order valence-electron chi connectivity index (χ0n) is 12.5. The summed E-state index contributed by atoms with van der Waals surface area (Å²) in [5, 5.41) is 7.72. The Morgan fingerprint density at radius 2 is 2.10 bits per heavy atom. The van der Waals surface area contributed by atoms with Gasteiger partial charge in [0.1, 0.15) is 6.17 Å². The standard InChI is InChI=1S/C16H24N2OS/c1-10-5-4-6-14(11(10)2)18-15(13-7-8-20-9-13)17-12(3)16(18)19/h7-12,14-15,17H,4-6H2,1-3H3. The van der Waals surface area contributed by atoms with Gasteiger partial charge in [0.05, 0.1) is 6.04 Å². The highest BCUT2D eigenvalue weighted by Gasteiger charge is 2.44. The molecule has 1 aliphatic carbocycles. The Kier molecular flexibility index (Phi) is 3.87. The van der Waals surface area contributed by atoms with Crippen LogP contribution in [-0.2, 0) is 4.79 Å². The molecule has 5 unspecified atom stereocenters. The first-order valence-corrected chi connectivity index (χ1v) is 8.64. The summed E-state index contributed by atoms with van der Waals surface area (Å²) in [6, 6.07) is 2.45. The van der Waals surface area contributed by atoms with Crippen LogP contribution in [-0.4, -0.2) is 22.9 Å². The Morgan fingerprint density at radius 1 is 1.30 bits per heavy atom. The van der Waals surface area contributed by atoms with Crippen molar-refractivity contribution in [1.29, 1.82) is 0 Å². The minimum atomic E-state index is -0.0654. The van der Waals surface area contributed by atoms with Crippen molar-refractivity contribution in [2.24, 2.45) is 11.8 Å². The van der Waals surface area contributed by atoms with E-state index in [-0.39, 0.29) is 18.1 Å². The summed E-state index contributed by atoms with van der Waals surface area (Å²) < 4.78 is 0. The average Bonchev–Trinajstić information content (AvgIpc) is 3.04. The second-order valence-electron chi connectivity index (χ2n) is 6.43. The maximum Gasteiger partial charge on any atom is 0.241 e. The molecule has 0 aromatic carbocycles. The lowest BCUT2D eigenvalue weighted by Crippen LogP contribution is -2.47. The van der Waals surface area contributed by atoms with Crippen LogP contribution in [0.25, 0.3) is 0 Å². The van der Waals surface area contributed by atoms with E-state index < -0.39 is 0 Å². The van der Waals surface area contributed by atoms with E-state index in [2.05, 4.69) is 40.9 Å². The first kappa shape index (κ1) is 14.1. The zero-order chi connectivity index (χ0) is 14.3. The van der Waals surface area contributed by atoms with Gasteiger partial charge in [-0.25, -0.2) is 0 Å². The molecule has 20 heavy (non-hydrogen) atoms. The fourth-order valence-corrected chi connectivity index (χ4v) is 4.41. The molecular weight excluding hydrogens is 268 g/mol. The summed E-state index contributed by atoms with van der Waals surface area (Å²) in [6.45, 7) is 6.63. The Balaban J connectivity index is 1.89. The van der Waals surface area contributed by atoms with Crippen molar-refractivity contribution >= 4 is 17.2 Å². The van der Waals surface area contributed by atoms with Gasteiger partial charge in [-0.1, -0.05) is 26.7 Å². The molecule has 1 aromatic heterocycles. The van der Waals surface area contributed by atoms with Crippen LogP contribution in [0.5, 0.6) is 0 Å². The zero-order valence-corrected chi connectivity index (χ0v) is 13.3. The predicted molar refractivity (Wildman–Crippen MR) is 82.5 cm³/mol. The smallest absolute Gasteiger partial charge is 0.241 e. The van der Waals surface area contributed by atoms with Crippen LogP contribution in [0, 0.1) is 11.8 Å². The quantitative estimate of drug-likeness (QED) is 0.906. The molecule has 1 saturated heterocycles. The lowest BCUT2D eigenvalue weighted by Gasteiger charge is -2.42. The SMILES string of the molecule is CC1NC(c2ccsc2)N(C2CCCC(C)C2C)C1=O. The summed E-state index contributed by atoms with van der Waals surface area (Å²) in [7, 11) is 0. The third-order valence-electron chi connectivity index (χ3n) is 5.19. The first-order valence-electron chi connectivity index (χ1n) is 7.70. The fourth-order valence-electron chi connectivity index (χ4n) is 3.73. The van der Waals surface area contributed by atoms with E-state index in [1.807, 2.05) is 6.92 Å². The third-order valence-corrected chi connectivity index (χ3v) is 5.89. The molecule has 2 fully saturated rings. The van der Waals surface area contributed by atoms with E-state index in [0.29, 0.717) is 17.9 Å². The molecule has 0 bridgehead atoms. The Morgan fingerprint density at radius 3 is 2.80 bits per heavy atom. The van der Waals surface area contributed by atoms with Gasteiger partial charge in [0, 0.05) is 6.04 Å². The summed E-state index contributed by atoms with van der Waals surface area (Å²) >= 11 is 1.70. The van der Waals surface area contributed by atoms with Crippen LogP contribution >= 0.6 is 11.3 Å². The third kappa shape index (κ3) is 2.29. The Labute approximate surface area is 125 Å². The lowest BCUT2D eigenvalue weighted by molar-refractivity contribution is -0.134. The minimum absolute atomic E-state index is 0.0654. The Bertz CT molecular complexity index is 473. The number of hydrogen-bond acceptors (Lipinski definition) is 3. The van der Waals surface area contributed by atoms with Crippen LogP contribution in [0.15, 0.2) is 16.8 Å². The number of nitrogens with one attached hydrogen (secondary N) is 1. The number of carbonyl (C=O) groups is 1. The maximum absolute atomic E-state index is 12.6. The molecule has 3 nitrogen and oxygen atoms in total. The van der Waals surface area contributed by atoms with E-state index >= 15 is 0 Å². The van der Waals surface area contributed by atoms with Crippen molar-refractivity contribution in [3.05, 3.63) is 22.4 Å². The van der Waals surface area contributed by atoms with Crippen LogP contribution in [0.4, 0.5) is 0 Å². The normalized spacial score (nSPS) is 38.5. The van der Waals surface area contributed by atoms with Crippen LogP contribution in [0.2, 0.25) is 0 Å². The molecule has 3 rings (SSSR count). The first-order chi connectivity index (χ1) is 9.59. The van der Waals surface area contributed by atoms with Crippen molar-refractivity contribution in [2.45, 2.75) is 58.3 Å². The van der Waals surface area contributed by atoms with Crippen molar-refractivity contribution < 1.29 is 4.79 Å². The Hall–Kier alpha value is -0.870. The van der Waals surface area contributed by atoms with Crippen molar-refractivity contribution in [2.75, 3.05) is 0 Å². The van der Waals surface area contributed by atoms with E-state index in [0.717, 1.165) is 6.42 Å². The second kappa shape index (κ2) is 5.49. The van der Waals surface area contributed by atoms with Gasteiger partial charge in [0.15, 0.2) is 0 Å². The summed E-state index contributed by atoms with van der Waals surface area (Å²) in [6.07, 6.45) is 3.75. The van der Waals surface area contributed by atoms with E-state index in [4.69, 9.17) is 0 Å². The average molecular weight is 292 g/mol. The predicted octanol–water partition coefficient (Wildman–Crippen LogP) is 3.39. The lowest BCUT2D eigenvalue weighted by atomic mass is 9.77. The number of thiophene rings is 1. The molecule has 1 aliphatic heterocycles. The molecule has 110 valence electrons. The van der Waals surface area contributed by atoms with Gasteiger partial charge in [-0.3, -0.25) is 10.1 Å². The highest BCUT2D eigenvalue weighted by Crippen LogP contribution is 2.38. The molecule has 1 aromatic rings. The topological polar surface area (TPSA) is 32.3 Å². The largest absolute Gasteiger partial charge is 0.318 e. The van der Waals surface area contributed by atoms with Gasteiger partial charge in [0.25, 0.3) is 0 Å². The van der Waals surface area contributed by atoms with Gasteiger partial charge in [0.2, 0.25) is 5.91 Å². The van der Waals surface area contributed by atoms with E-state index in [1.54, 1.807) is 11.3 Å². The van der Waals surface area contributed by atoms with Crippen LogP contribution in [0.1, 0.15) is 51.8 Å². The highest BCUT2D eigenvalue weighted by atomic mass is 32.1. The summed E-state index contributed by atoms with van der Waals surface area (Å²) in [5.74, 6) is 1.56. The number of hydrogen-bond donors (Lipinski definition) is 1. The van der Waals surface area contributed by atoms with Gasteiger partial charge in [-0.2, -0.15) is 11.3 Å². The molecule has 1 amide bonds. The molecule has 2 heterocycles. The van der Waals surface area contributed by atoms with Crippen molar-refractivity contribution in [3.63, 3.8) is 0 Å². The monoisotopic (exact) mass is 292 g/mol. The maximum atomic E-state index is 12.6. The van der Waals surface area contributed by atoms with Crippen molar-refractivity contribution in [3.8, 4) is 0 Å². The molecule has 0 spiro atoms. The number of nitrogens with zero attached hydrogens (tertiary/aromatic N) is 1. The van der Waals surface area contributed by atoms with Gasteiger partial charge in [-0.15, -0.1) is 0 Å². The number of rotatable bonds is 2. The summed E-state index contributed by atoms with van der Waals surface area (Å²) in [4.78, 5) is 14.8. The summed E-state index contributed by atoms with van der Waals surface area (Å²) in [5.41, 5.74) is 1.23. The van der Waals surface area contributed by atoms with Crippen LogP contribution in [0.3, 0.4) is 0 Å². The molecular formula is C16H24N2OS. The number of amides is 1.